The van der Waals surface area contributed by atoms with E-state index in [4.69, 9.17) is 16.6 Å². The lowest BCUT2D eigenvalue weighted by Gasteiger charge is -2.01. The van der Waals surface area contributed by atoms with Crippen LogP contribution in [0.1, 0.15) is 10.4 Å². The third-order valence-corrected chi connectivity index (χ3v) is 2.19. The molecule has 8 heteroatoms. The van der Waals surface area contributed by atoms with Gasteiger partial charge in [-0.2, -0.15) is 0 Å². The molecule has 1 aromatic carbocycles. The molecule has 4 aliphatic rings. The summed E-state index contributed by atoms with van der Waals surface area (Å²) in [5.41, 5.74) is 11.2. The first-order valence-corrected chi connectivity index (χ1v) is 7.31. The summed E-state index contributed by atoms with van der Waals surface area (Å²) in [5, 5.41) is 8.55. The molecule has 0 saturated carbocycles. The van der Waals surface area contributed by atoms with Gasteiger partial charge in [-0.3, -0.25) is 0 Å². The zero-order valence-corrected chi connectivity index (χ0v) is 13.0. The van der Waals surface area contributed by atoms with Crippen LogP contribution in [-0.2, 0) is 18.9 Å². The van der Waals surface area contributed by atoms with Gasteiger partial charge in [0.15, 0.2) is 0 Å². The van der Waals surface area contributed by atoms with Crippen molar-refractivity contribution in [2.45, 2.75) is 0 Å². The van der Waals surface area contributed by atoms with Crippen LogP contribution in [0.4, 0.5) is 11.4 Å². The second-order valence-electron chi connectivity index (χ2n) is 4.56. The van der Waals surface area contributed by atoms with E-state index >= 15 is 0 Å². The van der Waals surface area contributed by atoms with Gasteiger partial charge in [-0.05, 0) is 12.1 Å². The zero-order chi connectivity index (χ0) is 16.9. The van der Waals surface area contributed by atoms with Crippen molar-refractivity contribution in [2.75, 3.05) is 64.3 Å². The Labute approximate surface area is 135 Å². The number of para-hydroxylation sites is 1. The van der Waals surface area contributed by atoms with Crippen LogP contribution >= 0.6 is 0 Å². The summed E-state index contributed by atoms with van der Waals surface area (Å²) in [6.07, 6.45) is 0. The number of ether oxygens (including phenoxy) is 4. The molecule has 1 aromatic rings. The number of rotatable bonds is 1. The third kappa shape index (κ3) is 16.3. The number of nitrogen functional groups attached to an aromatic ring is 2. The minimum Gasteiger partial charge on any atom is -0.478 e. The van der Waals surface area contributed by atoms with E-state index in [-0.39, 0.29) is 11.3 Å². The van der Waals surface area contributed by atoms with Gasteiger partial charge in [0.05, 0.1) is 69.8 Å². The lowest BCUT2D eigenvalue weighted by Crippen LogP contribution is -2.04. The van der Waals surface area contributed by atoms with E-state index in [0.29, 0.717) is 5.69 Å². The van der Waals surface area contributed by atoms with Gasteiger partial charge in [0, 0.05) is 0 Å². The van der Waals surface area contributed by atoms with E-state index in [1.54, 1.807) is 12.1 Å². The molecule has 4 fully saturated rings. The normalized spacial score (nSPS) is 17.0. The van der Waals surface area contributed by atoms with E-state index in [0.717, 1.165) is 52.9 Å². The number of aromatic carboxylic acids is 1. The molecular formula is C15H24N2O6. The molecule has 0 unspecified atom stereocenters. The minimum absolute atomic E-state index is 0.0463. The zero-order valence-electron chi connectivity index (χ0n) is 13.0. The van der Waals surface area contributed by atoms with Crippen molar-refractivity contribution in [3.63, 3.8) is 0 Å². The fraction of sp³-hybridized carbons (Fsp3) is 0.533. The van der Waals surface area contributed by atoms with Crippen molar-refractivity contribution in [3.05, 3.63) is 23.8 Å². The minimum atomic E-state index is -1.06. The molecule has 0 atom stereocenters. The topological polar surface area (TPSA) is 139 Å². The van der Waals surface area contributed by atoms with Crippen LogP contribution in [-0.4, -0.2) is 63.9 Å². The predicted molar refractivity (Wildman–Crippen MR) is 85.5 cm³/mol. The fourth-order valence-electron chi connectivity index (χ4n) is 0.770. The number of nitrogens with two attached hydrogens (primary N) is 2. The molecule has 0 radical (unpaired) electrons. The fourth-order valence-corrected chi connectivity index (χ4v) is 0.770. The van der Waals surface area contributed by atoms with E-state index < -0.39 is 5.97 Å². The van der Waals surface area contributed by atoms with Crippen molar-refractivity contribution in [3.8, 4) is 0 Å². The first-order valence-electron chi connectivity index (χ1n) is 7.31. The maximum Gasteiger partial charge on any atom is 0.337 e. The van der Waals surface area contributed by atoms with Crippen molar-refractivity contribution < 1.29 is 28.8 Å². The summed E-state index contributed by atoms with van der Waals surface area (Å²) in [7, 11) is 0. The molecule has 4 saturated heterocycles. The first kappa shape index (κ1) is 19.2. The van der Waals surface area contributed by atoms with Crippen LogP contribution in [0.3, 0.4) is 0 Å². The Bertz CT molecular complexity index is 426. The summed E-state index contributed by atoms with van der Waals surface area (Å²) in [4.78, 5) is 10.4. The van der Waals surface area contributed by atoms with Gasteiger partial charge in [-0.15, -0.1) is 0 Å². The van der Waals surface area contributed by atoms with Crippen molar-refractivity contribution in [2.24, 2.45) is 0 Å². The highest BCUT2D eigenvalue weighted by atomic mass is 16.6. The number of carboxylic acid groups (broad SMARTS) is 1. The van der Waals surface area contributed by atoms with E-state index in [1.807, 2.05) is 0 Å². The molecule has 5 N–H and O–H groups in total. The maximum atomic E-state index is 10.4. The Hall–Kier alpha value is -1.87. The molecule has 0 aromatic heterocycles. The molecule has 0 aliphatic carbocycles. The monoisotopic (exact) mass is 328 g/mol. The van der Waals surface area contributed by atoms with Crippen LogP contribution in [0.25, 0.3) is 0 Å². The van der Waals surface area contributed by atoms with Crippen LogP contribution in [0.2, 0.25) is 0 Å². The molecule has 8 nitrogen and oxygen atoms in total. The number of benzene rings is 1. The molecule has 23 heavy (non-hydrogen) atoms. The van der Waals surface area contributed by atoms with Gasteiger partial charge >= 0.3 is 5.97 Å². The number of epoxide rings is 4. The Morgan fingerprint density at radius 2 is 1.17 bits per heavy atom. The Balaban J connectivity index is 0.000000174. The Kier molecular flexibility index (Phi) is 9.73. The standard InChI is InChI=1S/C7H8N2O2.4C2H4O/c8-5-3-1-2-4(6(5)9)7(10)11;4*1-2-3-1/h1-3H,8-9H2,(H,10,11);4*1-2H2. The number of anilines is 2. The Morgan fingerprint density at radius 3 is 1.39 bits per heavy atom. The largest absolute Gasteiger partial charge is 0.478 e. The van der Waals surface area contributed by atoms with Crippen LogP contribution in [0.15, 0.2) is 18.2 Å². The number of hydrogen-bond donors (Lipinski definition) is 3. The number of hydrogen-bond acceptors (Lipinski definition) is 7. The van der Waals surface area contributed by atoms with Crippen molar-refractivity contribution in [1.29, 1.82) is 0 Å². The molecule has 4 heterocycles. The highest BCUT2D eigenvalue weighted by Crippen LogP contribution is 2.18. The van der Waals surface area contributed by atoms with Gasteiger partial charge in [0.1, 0.15) is 0 Å². The maximum absolute atomic E-state index is 10.4. The van der Waals surface area contributed by atoms with Crippen molar-refractivity contribution >= 4 is 17.3 Å². The number of carboxylic acids is 1. The summed E-state index contributed by atoms with van der Waals surface area (Å²) in [6, 6.07) is 4.52. The van der Waals surface area contributed by atoms with E-state index in [1.165, 1.54) is 6.07 Å². The van der Waals surface area contributed by atoms with E-state index in [2.05, 4.69) is 18.9 Å². The van der Waals surface area contributed by atoms with Crippen LogP contribution in [0, 0.1) is 0 Å². The predicted octanol–water partition coefficient (Wildman–Crippen LogP) is 0.616. The molecule has 5 rings (SSSR count). The number of carbonyl (C=O) groups is 1. The molecule has 4 aliphatic heterocycles. The lowest BCUT2D eigenvalue weighted by molar-refractivity contribution is 0.0698. The summed E-state index contributed by atoms with van der Waals surface area (Å²) in [6.45, 7) is 8.00. The molecule has 0 bridgehead atoms. The highest BCUT2D eigenvalue weighted by molar-refractivity contribution is 5.96. The summed E-state index contributed by atoms with van der Waals surface area (Å²) < 4.78 is 18.0. The average molecular weight is 328 g/mol. The van der Waals surface area contributed by atoms with Gasteiger partial charge in [-0.1, -0.05) is 6.07 Å². The van der Waals surface area contributed by atoms with Crippen LogP contribution in [0.5, 0.6) is 0 Å². The summed E-state index contributed by atoms with van der Waals surface area (Å²) in [5.74, 6) is -1.06. The van der Waals surface area contributed by atoms with Gasteiger partial charge in [-0.25, -0.2) is 4.79 Å². The van der Waals surface area contributed by atoms with Crippen LogP contribution < -0.4 is 11.5 Å². The molecular weight excluding hydrogens is 304 g/mol. The van der Waals surface area contributed by atoms with E-state index in [9.17, 15) is 4.79 Å². The smallest absolute Gasteiger partial charge is 0.337 e. The van der Waals surface area contributed by atoms with Gasteiger partial charge < -0.3 is 35.5 Å². The lowest BCUT2D eigenvalue weighted by atomic mass is 10.1. The van der Waals surface area contributed by atoms with Crippen molar-refractivity contribution in [1.82, 2.24) is 0 Å². The average Bonchev–Trinajstić information content (AvgIpc) is 3.34. The summed E-state index contributed by atoms with van der Waals surface area (Å²) >= 11 is 0. The third-order valence-electron chi connectivity index (χ3n) is 2.19. The van der Waals surface area contributed by atoms with Gasteiger partial charge in [0.2, 0.25) is 0 Å². The van der Waals surface area contributed by atoms with Gasteiger partial charge in [0.25, 0.3) is 0 Å². The Morgan fingerprint density at radius 1 is 0.826 bits per heavy atom. The quantitative estimate of drug-likeness (QED) is 0.503. The second kappa shape index (κ2) is 11.7. The second-order valence-corrected chi connectivity index (χ2v) is 4.56. The highest BCUT2D eigenvalue weighted by Gasteiger charge is 2.07. The molecule has 130 valence electrons. The molecule has 0 amide bonds. The molecule has 0 spiro atoms. The first-order chi connectivity index (χ1) is 11.1. The SMILES string of the molecule is C1CO1.C1CO1.C1CO1.C1CO1.Nc1cccc(C(=O)O)c1N.